The van der Waals surface area contributed by atoms with E-state index >= 15 is 0 Å². The fourth-order valence-electron chi connectivity index (χ4n) is 2.74. The van der Waals surface area contributed by atoms with Crippen molar-refractivity contribution in [3.05, 3.63) is 45.2 Å². The van der Waals surface area contributed by atoms with E-state index in [1.54, 1.807) is 0 Å². The van der Waals surface area contributed by atoms with Crippen LogP contribution in [0, 0.1) is 0 Å². The highest BCUT2D eigenvalue weighted by atomic mass is 79.9. The molecule has 2 rings (SSSR count). The molecule has 2 N–H and O–H groups in total. The average molecular weight is 392 g/mol. The van der Waals surface area contributed by atoms with Gasteiger partial charge in [-0.05, 0) is 44.8 Å². The van der Waals surface area contributed by atoms with Crippen molar-refractivity contribution >= 4 is 27.5 Å². The predicted molar refractivity (Wildman–Crippen MR) is 103 cm³/mol. The molecule has 0 unspecified atom stereocenters. The molecule has 0 bridgehead atoms. The van der Waals surface area contributed by atoms with Crippen molar-refractivity contribution in [2.75, 3.05) is 5.32 Å². The number of aromatic amines is 1. The fourth-order valence-corrected chi connectivity index (χ4v) is 3.56. The van der Waals surface area contributed by atoms with E-state index in [0.717, 1.165) is 27.0 Å². The molecule has 0 saturated carbocycles. The van der Waals surface area contributed by atoms with Gasteiger partial charge in [0.1, 0.15) is 0 Å². The molecule has 0 aliphatic carbocycles. The molecule has 0 radical (unpaired) electrons. The minimum atomic E-state index is -0.194. The zero-order valence-corrected chi connectivity index (χ0v) is 16.8. The summed E-state index contributed by atoms with van der Waals surface area (Å²) in [5.41, 5.74) is 4.53. The minimum absolute atomic E-state index is 0.194. The number of hydrogen-bond donors (Lipinski definition) is 2. The molecule has 0 saturated heterocycles. The fraction of sp³-hybridized carbons (Fsp3) is 0.474. The summed E-state index contributed by atoms with van der Waals surface area (Å²) in [6, 6.07) is 6.21. The lowest BCUT2D eigenvalue weighted by Gasteiger charge is -2.19. The van der Waals surface area contributed by atoms with Crippen LogP contribution in [0.4, 0.5) is 5.69 Å². The highest BCUT2D eigenvalue weighted by Crippen LogP contribution is 2.33. The van der Waals surface area contributed by atoms with Crippen LogP contribution in [0.5, 0.6) is 0 Å². The second-order valence-electron chi connectivity index (χ2n) is 7.03. The molecule has 1 aromatic carbocycles. The average Bonchev–Trinajstić information content (AvgIpc) is 2.88. The van der Waals surface area contributed by atoms with Crippen LogP contribution in [0.1, 0.15) is 86.6 Å². The van der Waals surface area contributed by atoms with Gasteiger partial charge < -0.3 is 5.32 Å². The highest BCUT2D eigenvalue weighted by molar-refractivity contribution is 9.10. The summed E-state index contributed by atoms with van der Waals surface area (Å²) < 4.78 is 0.739. The Labute approximate surface area is 152 Å². The molecule has 1 heterocycles. The molecule has 5 heteroatoms. The van der Waals surface area contributed by atoms with E-state index in [9.17, 15) is 4.79 Å². The van der Waals surface area contributed by atoms with Crippen molar-refractivity contribution in [1.29, 1.82) is 0 Å². The molecule has 1 amide bonds. The third kappa shape index (κ3) is 3.72. The van der Waals surface area contributed by atoms with Gasteiger partial charge in [0, 0.05) is 5.69 Å². The number of halogens is 1. The number of hydrogen-bond acceptors (Lipinski definition) is 2. The van der Waals surface area contributed by atoms with Gasteiger partial charge in [0.2, 0.25) is 0 Å². The van der Waals surface area contributed by atoms with Gasteiger partial charge in [-0.2, -0.15) is 5.10 Å². The van der Waals surface area contributed by atoms with E-state index in [-0.39, 0.29) is 11.8 Å². The van der Waals surface area contributed by atoms with Crippen LogP contribution in [0.25, 0.3) is 0 Å². The standard InChI is InChI=1S/C19H26BrN3O/c1-10(2)13-8-7-9-14(11(3)4)17(13)21-19(24)18-15(20)16(12(5)6)22-23-18/h7-12H,1-6H3,(H,21,24)(H,22,23). The molecule has 0 fully saturated rings. The van der Waals surface area contributed by atoms with Crippen LogP contribution in [0.2, 0.25) is 0 Å². The Morgan fingerprint density at radius 2 is 1.58 bits per heavy atom. The van der Waals surface area contributed by atoms with Crippen molar-refractivity contribution < 1.29 is 4.79 Å². The maximum Gasteiger partial charge on any atom is 0.277 e. The quantitative estimate of drug-likeness (QED) is 0.676. The van der Waals surface area contributed by atoms with Crippen LogP contribution < -0.4 is 5.32 Å². The maximum atomic E-state index is 12.8. The number of anilines is 1. The van der Waals surface area contributed by atoms with Crippen molar-refractivity contribution in [3.63, 3.8) is 0 Å². The zero-order chi connectivity index (χ0) is 18.0. The van der Waals surface area contributed by atoms with E-state index in [2.05, 4.69) is 91.2 Å². The third-order valence-electron chi connectivity index (χ3n) is 4.14. The van der Waals surface area contributed by atoms with Gasteiger partial charge in [0.05, 0.1) is 10.2 Å². The van der Waals surface area contributed by atoms with Gasteiger partial charge in [0.15, 0.2) is 5.69 Å². The molecule has 4 nitrogen and oxygen atoms in total. The summed E-state index contributed by atoms with van der Waals surface area (Å²) in [4.78, 5) is 12.8. The van der Waals surface area contributed by atoms with E-state index in [1.807, 2.05) is 0 Å². The molecule has 0 aliphatic heterocycles. The number of benzene rings is 1. The Morgan fingerprint density at radius 3 is 2.00 bits per heavy atom. The van der Waals surface area contributed by atoms with Gasteiger partial charge in [-0.3, -0.25) is 9.89 Å². The second-order valence-corrected chi connectivity index (χ2v) is 7.82. The summed E-state index contributed by atoms with van der Waals surface area (Å²) in [5.74, 6) is 0.725. The highest BCUT2D eigenvalue weighted by Gasteiger charge is 2.22. The first-order valence-electron chi connectivity index (χ1n) is 8.41. The Morgan fingerprint density at radius 1 is 1.04 bits per heavy atom. The summed E-state index contributed by atoms with van der Waals surface area (Å²) in [7, 11) is 0. The monoisotopic (exact) mass is 391 g/mol. The number of carbonyl (C=O) groups excluding carboxylic acids is 1. The molecule has 0 spiro atoms. The van der Waals surface area contributed by atoms with Crippen LogP contribution in [-0.2, 0) is 0 Å². The van der Waals surface area contributed by atoms with Crippen molar-refractivity contribution in [1.82, 2.24) is 10.2 Å². The number of nitrogens with zero attached hydrogens (tertiary/aromatic N) is 1. The van der Waals surface area contributed by atoms with Gasteiger partial charge in [-0.1, -0.05) is 59.7 Å². The van der Waals surface area contributed by atoms with Crippen molar-refractivity contribution in [3.8, 4) is 0 Å². The minimum Gasteiger partial charge on any atom is -0.320 e. The number of rotatable bonds is 5. The number of amides is 1. The summed E-state index contributed by atoms with van der Waals surface area (Å²) in [6.07, 6.45) is 0. The van der Waals surface area contributed by atoms with E-state index < -0.39 is 0 Å². The molecule has 2 aromatic rings. The molecule has 130 valence electrons. The van der Waals surface area contributed by atoms with Crippen LogP contribution in [0.3, 0.4) is 0 Å². The summed E-state index contributed by atoms with van der Waals surface area (Å²) >= 11 is 3.51. The summed E-state index contributed by atoms with van der Waals surface area (Å²) in [6.45, 7) is 12.7. The number of carbonyl (C=O) groups is 1. The zero-order valence-electron chi connectivity index (χ0n) is 15.2. The lowest BCUT2D eigenvalue weighted by atomic mass is 9.92. The van der Waals surface area contributed by atoms with E-state index in [0.29, 0.717) is 17.5 Å². The first-order chi connectivity index (χ1) is 11.2. The smallest absolute Gasteiger partial charge is 0.277 e. The Bertz CT molecular complexity index is 706. The van der Waals surface area contributed by atoms with E-state index in [1.165, 1.54) is 0 Å². The molecule has 1 aromatic heterocycles. The first kappa shape index (κ1) is 18.7. The number of nitrogens with one attached hydrogen (secondary N) is 2. The second kappa shape index (κ2) is 7.51. The molecular formula is C19H26BrN3O. The van der Waals surface area contributed by atoms with Crippen LogP contribution in [-0.4, -0.2) is 16.1 Å². The van der Waals surface area contributed by atoms with Gasteiger partial charge in [-0.25, -0.2) is 0 Å². The molecule has 0 aliphatic rings. The van der Waals surface area contributed by atoms with E-state index in [4.69, 9.17) is 0 Å². The Hall–Kier alpha value is -1.62. The lowest BCUT2D eigenvalue weighted by Crippen LogP contribution is -2.17. The SMILES string of the molecule is CC(C)c1cccc(C(C)C)c1NC(=O)c1n[nH]c(C(C)C)c1Br. The van der Waals surface area contributed by atoms with Gasteiger partial charge in [-0.15, -0.1) is 0 Å². The first-order valence-corrected chi connectivity index (χ1v) is 9.21. The van der Waals surface area contributed by atoms with Crippen molar-refractivity contribution in [2.24, 2.45) is 0 Å². The number of H-pyrrole nitrogens is 1. The maximum absolute atomic E-state index is 12.8. The molecular weight excluding hydrogens is 366 g/mol. The molecule has 0 atom stereocenters. The Balaban J connectivity index is 2.42. The normalized spacial score (nSPS) is 11.6. The summed E-state index contributed by atoms with van der Waals surface area (Å²) in [5, 5.41) is 10.3. The molecule has 24 heavy (non-hydrogen) atoms. The third-order valence-corrected chi connectivity index (χ3v) is 4.94. The van der Waals surface area contributed by atoms with Crippen LogP contribution >= 0.6 is 15.9 Å². The van der Waals surface area contributed by atoms with Gasteiger partial charge in [0.25, 0.3) is 5.91 Å². The number of para-hydroxylation sites is 1. The van der Waals surface area contributed by atoms with Gasteiger partial charge >= 0.3 is 0 Å². The number of aromatic nitrogens is 2. The predicted octanol–water partition coefficient (Wildman–Crippen LogP) is 5.79. The largest absolute Gasteiger partial charge is 0.320 e. The topological polar surface area (TPSA) is 57.8 Å². The lowest BCUT2D eigenvalue weighted by molar-refractivity contribution is 0.102. The Kier molecular flexibility index (Phi) is 5.86. The van der Waals surface area contributed by atoms with Crippen molar-refractivity contribution in [2.45, 2.75) is 59.3 Å². The van der Waals surface area contributed by atoms with Crippen LogP contribution in [0.15, 0.2) is 22.7 Å².